The van der Waals surface area contributed by atoms with Gasteiger partial charge < -0.3 is 25.8 Å². The summed E-state index contributed by atoms with van der Waals surface area (Å²) in [5.74, 6) is -1.45. The Morgan fingerprint density at radius 3 is 2.25 bits per heavy atom. The minimum atomic E-state index is -1.52. The van der Waals surface area contributed by atoms with Gasteiger partial charge in [0, 0.05) is 13.0 Å². The summed E-state index contributed by atoms with van der Waals surface area (Å²) in [7, 11) is 0. The van der Waals surface area contributed by atoms with Gasteiger partial charge in [0.25, 0.3) is 0 Å². The zero-order valence-corrected chi connectivity index (χ0v) is 20.6. The van der Waals surface area contributed by atoms with Crippen LogP contribution in [0.5, 0.6) is 0 Å². The maximum absolute atomic E-state index is 13.2. The van der Waals surface area contributed by atoms with Crippen LogP contribution in [-0.2, 0) is 27.4 Å². The van der Waals surface area contributed by atoms with Crippen molar-refractivity contribution in [3.8, 4) is 0 Å². The van der Waals surface area contributed by atoms with Crippen LogP contribution in [0.4, 0.5) is 4.79 Å². The van der Waals surface area contributed by atoms with Crippen LogP contribution >= 0.6 is 0 Å². The van der Waals surface area contributed by atoms with Crippen LogP contribution in [0.15, 0.2) is 72.8 Å². The van der Waals surface area contributed by atoms with E-state index in [1.54, 1.807) is 0 Å². The van der Waals surface area contributed by atoms with Gasteiger partial charge in [-0.25, -0.2) is 9.59 Å². The number of hydrogen-bond donors (Lipinski definition) is 3. The Kier molecular flexibility index (Phi) is 9.41. The van der Waals surface area contributed by atoms with Crippen LogP contribution in [0.25, 0.3) is 10.8 Å². The molecule has 0 saturated heterocycles. The lowest BCUT2D eigenvalue weighted by Crippen LogP contribution is -2.53. The summed E-state index contributed by atoms with van der Waals surface area (Å²) in [6.07, 6.45) is -1.31. The van der Waals surface area contributed by atoms with E-state index in [1.165, 1.54) is 4.90 Å². The fraction of sp³-hybridized carbons (Fsp3) is 0.321. The van der Waals surface area contributed by atoms with Crippen LogP contribution in [-0.4, -0.2) is 53.1 Å². The van der Waals surface area contributed by atoms with Gasteiger partial charge in [0.15, 0.2) is 0 Å². The first kappa shape index (κ1) is 26.7. The molecule has 0 bridgehead atoms. The summed E-state index contributed by atoms with van der Waals surface area (Å²) in [5.41, 5.74) is 6.86. The van der Waals surface area contributed by atoms with Crippen molar-refractivity contribution in [3.05, 3.63) is 83.9 Å². The Hall–Kier alpha value is -3.91. The molecule has 0 aliphatic carbocycles. The lowest BCUT2D eigenvalue weighted by Gasteiger charge is -2.28. The van der Waals surface area contributed by atoms with Crippen molar-refractivity contribution in [2.75, 3.05) is 13.1 Å². The molecule has 8 nitrogen and oxygen atoms in total. The van der Waals surface area contributed by atoms with E-state index in [2.05, 4.69) is 5.32 Å². The number of hydrogen-bond acceptors (Lipinski definition) is 5. The Morgan fingerprint density at radius 2 is 1.58 bits per heavy atom. The number of fused-ring (bicyclic) bond motifs is 1. The SMILES string of the molecule is CC(C)CN(CC(O)C(N)=O)C(=O)N[C@@H](Cc1ccc2ccccc2c1)C(=O)OCc1ccccc1. The maximum Gasteiger partial charge on any atom is 0.329 e. The molecule has 3 aromatic carbocycles. The number of benzene rings is 3. The van der Waals surface area contributed by atoms with Crippen molar-refractivity contribution >= 4 is 28.7 Å². The average Bonchev–Trinajstić information content (AvgIpc) is 2.86. The lowest BCUT2D eigenvalue weighted by molar-refractivity contribution is -0.147. The van der Waals surface area contributed by atoms with Crippen molar-refractivity contribution in [2.24, 2.45) is 11.7 Å². The van der Waals surface area contributed by atoms with Crippen LogP contribution < -0.4 is 11.1 Å². The maximum atomic E-state index is 13.2. The Labute approximate surface area is 211 Å². The summed E-state index contributed by atoms with van der Waals surface area (Å²) in [6, 6.07) is 21.4. The number of carbonyl (C=O) groups excluding carboxylic acids is 3. The number of carbonyl (C=O) groups is 3. The monoisotopic (exact) mass is 491 g/mol. The predicted molar refractivity (Wildman–Crippen MR) is 138 cm³/mol. The number of esters is 1. The van der Waals surface area contributed by atoms with E-state index < -0.39 is 30.1 Å². The molecule has 1 unspecified atom stereocenters. The van der Waals surface area contributed by atoms with Crippen molar-refractivity contribution in [3.63, 3.8) is 0 Å². The summed E-state index contributed by atoms with van der Waals surface area (Å²) in [4.78, 5) is 39.0. The van der Waals surface area contributed by atoms with Crippen molar-refractivity contribution in [1.82, 2.24) is 10.2 Å². The Morgan fingerprint density at radius 1 is 0.917 bits per heavy atom. The van der Waals surface area contributed by atoms with Gasteiger partial charge in [0.1, 0.15) is 18.8 Å². The molecular weight excluding hydrogens is 458 g/mol. The molecule has 3 amide bonds. The second-order valence-electron chi connectivity index (χ2n) is 9.20. The first-order chi connectivity index (χ1) is 17.2. The van der Waals surface area contributed by atoms with Crippen molar-refractivity contribution in [1.29, 1.82) is 0 Å². The number of nitrogens with one attached hydrogen (secondary N) is 1. The van der Waals surface area contributed by atoms with Gasteiger partial charge in [0.2, 0.25) is 5.91 Å². The summed E-state index contributed by atoms with van der Waals surface area (Å²) in [6.45, 7) is 3.86. The number of ether oxygens (including phenoxy) is 1. The number of aliphatic hydroxyl groups is 1. The van der Waals surface area contributed by atoms with Gasteiger partial charge in [-0.1, -0.05) is 86.6 Å². The number of nitrogens with two attached hydrogens (primary N) is 1. The van der Waals surface area contributed by atoms with E-state index in [0.29, 0.717) is 0 Å². The summed E-state index contributed by atoms with van der Waals surface area (Å²) < 4.78 is 5.54. The van der Waals surface area contributed by atoms with E-state index in [0.717, 1.165) is 21.9 Å². The predicted octanol–water partition coefficient (Wildman–Crippen LogP) is 3.01. The van der Waals surface area contributed by atoms with E-state index in [-0.39, 0.29) is 32.0 Å². The first-order valence-corrected chi connectivity index (χ1v) is 11.9. The van der Waals surface area contributed by atoms with Gasteiger partial charge in [-0.2, -0.15) is 0 Å². The molecule has 36 heavy (non-hydrogen) atoms. The third kappa shape index (κ3) is 7.81. The largest absolute Gasteiger partial charge is 0.459 e. The Bertz CT molecular complexity index is 1180. The Balaban J connectivity index is 1.80. The van der Waals surface area contributed by atoms with Gasteiger partial charge >= 0.3 is 12.0 Å². The molecule has 0 fully saturated rings. The molecule has 190 valence electrons. The van der Waals surface area contributed by atoms with Crippen LogP contribution in [0, 0.1) is 5.92 Å². The quantitative estimate of drug-likeness (QED) is 0.356. The zero-order chi connectivity index (χ0) is 26.1. The minimum Gasteiger partial charge on any atom is -0.459 e. The minimum absolute atomic E-state index is 0.0554. The van der Waals surface area contributed by atoms with Gasteiger partial charge in [-0.3, -0.25) is 4.79 Å². The van der Waals surface area contributed by atoms with Gasteiger partial charge in [-0.05, 0) is 27.8 Å². The molecule has 0 aliphatic heterocycles. The highest BCUT2D eigenvalue weighted by Crippen LogP contribution is 2.17. The van der Waals surface area contributed by atoms with Crippen LogP contribution in [0.3, 0.4) is 0 Å². The summed E-state index contributed by atoms with van der Waals surface area (Å²) in [5, 5.41) is 14.8. The van der Waals surface area contributed by atoms with E-state index in [1.807, 2.05) is 86.6 Å². The molecular formula is C28H33N3O5. The first-order valence-electron chi connectivity index (χ1n) is 11.9. The van der Waals surface area contributed by atoms with Gasteiger partial charge in [-0.15, -0.1) is 0 Å². The van der Waals surface area contributed by atoms with Crippen molar-refractivity contribution in [2.45, 2.75) is 39.0 Å². The standard InChI is InChI=1S/C28H33N3O5/c1-19(2)16-31(17-25(32)26(29)33)28(35)30-24(27(34)36-18-20-8-4-3-5-9-20)15-21-12-13-22-10-6-7-11-23(22)14-21/h3-14,19,24-25,32H,15-18H2,1-2H3,(H2,29,33)(H,30,35)/t24-,25?/m0/s1. The molecule has 0 saturated carbocycles. The molecule has 0 heterocycles. The number of nitrogens with zero attached hydrogens (tertiary/aromatic N) is 1. The normalized spacial score (nSPS) is 12.7. The third-order valence-corrected chi connectivity index (χ3v) is 5.65. The second-order valence-corrected chi connectivity index (χ2v) is 9.20. The molecule has 0 aromatic heterocycles. The summed E-state index contributed by atoms with van der Waals surface area (Å²) >= 11 is 0. The third-order valence-electron chi connectivity index (χ3n) is 5.65. The van der Waals surface area contributed by atoms with E-state index >= 15 is 0 Å². The highest BCUT2D eigenvalue weighted by Gasteiger charge is 2.28. The molecule has 0 aliphatic rings. The molecule has 2 atom stereocenters. The van der Waals surface area contributed by atoms with Crippen molar-refractivity contribution < 1.29 is 24.2 Å². The molecule has 4 N–H and O–H groups in total. The molecule has 3 aromatic rings. The fourth-order valence-corrected chi connectivity index (χ4v) is 3.84. The molecule has 0 spiro atoms. The second kappa shape index (κ2) is 12.7. The van der Waals surface area contributed by atoms with E-state index in [9.17, 15) is 19.5 Å². The van der Waals surface area contributed by atoms with E-state index in [4.69, 9.17) is 10.5 Å². The highest BCUT2D eigenvalue weighted by molar-refractivity contribution is 5.86. The number of amides is 3. The average molecular weight is 492 g/mol. The molecule has 0 radical (unpaired) electrons. The van der Waals surface area contributed by atoms with Crippen LogP contribution in [0.1, 0.15) is 25.0 Å². The highest BCUT2D eigenvalue weighted by atomic mass is 16.5. The number of aliphatic hydroxyl groups excluding tert-OH is 1. The van der Waals surface area contributed by atoms with Crippen LogP contribution in [0.2, 0.25) is 0 Å². The smallest absolute Gasteiger partial charge is 0.329 e. The number of rotatable bonds is 11. The molecule has 8 heteroatoms. The number of urea groups is 1. The molecule has 3 rings (SSSR count). The zero-order valence-electron chi connectivity index (χ0n) is 20.6. The fourth-order valence-electron chi connectivity index (χ4n) is 3.84. The van der Waals surface area contributed by atoms with Gasteiger partial charge in [0.05, 0.1) is 6.54 Å². The topological polar surface area (TPSA) is 122 Å². The lowest BCUT2D eigenvalue weighted by atomic mass is 10.0. The number of primary amides is 1.